The van der Waals surface area contributed by atoms with Gasteiger partial charge in [0.05, 0.1) is 0 Å². The second kappa shape index (κ2) is 8.31. The fraction of sp³-hybridized carbons (Fsp3) is 0.571. The van der Waals surface area contributed by atoms with Crippen molar-refractivity contribution in [2.24, 2.45) is 5.92 Å². The average molecular weight is 385 g/mol. The highest BCUT2D eigenvalue weighted by Gasteiger charge is 2.40. The quantitative estimate of drug-likeness (QED) is 0.787. The molecule has 1 amide bonds. The van der Waals surface area contributed by atoms with Crippen LogP contribution in [0.2, 0.25) is 0 Å². The lowest BCUT2D eigenvalue weighted by atomic mass is 9.80. The van der Waals surface area contributed by atoms with Crippen molar-refractivity contribution >= 4 is 5.91 Å². The lowest BCUT2D eigenvalue weighted by Crippen LogP contribution is -2.50. The van der Waals surface area contributed by atoms with Crippen LogP contribution in [0.5, 0.6) is 5.75 Å². The molecule has 0 N–H and O–H groups in total. The van der Waals surface area contributed by atoms with E-state index in [1.54, 1.807) is 0 Å². The summed E-state index contributed by atoms with van der Waals surface area (Å²) in [6.45, 7) is 5.13. The Hall–Kier alpha value is -2.41. The molecule has 28 heavy (non-hydrogen) atoms. The van der Waals surface area contributed by atoms with Crippen molar-refractivity contribution in [3.05, 3.63) is 42.0 Å². The van der Waals surface area contributed by atoms with Crippen LogP contribution in [-0.2, 0) is 21.6 Å². The summed E-state index contributed by atoms with van der Waals surface area (Å²) in [6.07, 6.45) is 3.50. The van der Waals surface area contributed by atoms with Crippen molar-refractivity contribution in [1.29, 1.82) is 0 Å². The zero-order chi connectivity index (χ0) is 19.4. The summed E-state index contributed by atoms with van der Waals surface area (Å²) in [7, 11) is 0. The van der Waals surface area contributed by atoms with Gasteiger partial charge in [0.25, 0.3) is 5.89 Å². The summed E-state index contributed by atoms with van der Waals surface area (Å²) in [5.74, 6) is 2.19. The summed E-state index contributed by atoms with van der Waals surface area (Å²) in [6, 6.07) is 9.55. The molecule has 0 radical (unpaired) electrons. The Balaban J connectivity index is 1.40. The van der Waals surface area contributed by atoms with Crippen LogP contribution in [0.25, 0.3) is 0 Å². The van der Waals surface area contributed by atoms with E-state index in [1.807, 2.05) is 35.2 Å². The third kappa shape index (κ3) is 4.19. The standard InChI is InChI=1S/C21H27N3O4/c1-21(10-5-11-24(15-21)19(25)16-8-12-26-13-9-16)20-22-18(28-23-20)14-27-17-6-3-2-4-7-17/h2-4,6-7,16H,5,8-15H2,1H3. The van der Waals surface area contributed by atoms with E-state index in [2.05, 4.69) is 17.1 Å². The van der Waals surface area contributed by atoms with E-state index in [0.29, 0.717) is 31.5 Å². The van der Waals surface area contributed by atoms with E-state index in [1.165, 1.54) is 0 Å². The lowest BCUT2D eigenvalue weighted by Gasteiger charge is -2.40. The molecular formula is C21H27N3O4. The largest absolute Gasteiger partial charge is 0.484 e. The molecule has 2 aromatic rings. The highest BCUT2D eigenvalue weighted by atomic mass is 16.5. The van der Waals surface area contributed by atoms with E-state index in [4.69, 9.17) is 14.0 Å². The maximum Gasteiger partial charge on any atom is 0.264 e. The number of benzene rings is 1. The van der Waals surface area contributed by atoms with Crippen LogP contribution in [0.4, 0.5) is 0 Å². The maximum absolute atomic E-state index is 12.9. The molecule has 1 atom stereocenters. The van der Waals surface area contributed by atoms with Gasteiger partial charge in [-0.25, -0.2) is 0 Å². The molecule has 1 unspecified atom stereocenters. The topological polar surface area (TPSA) is 77.7 Å². The minimum absolute atomic E-state index is 0.0798. The summed E-state index contributed by atoms with van der Waals surface area (Å²) < 4.78 is 16.5. The first-order valence-corrected chi connectivity index (χ1v) is 10.0. The molecule has 2 aliphatic rings. The van der Waals surface area contributed by atoms with Crippen molar-refractivity contribution in [2.75, 3.05) is 26.3 Å². The molecule has 4 rings (SSSR count). The first-order valence-electron chi connectivity index (χ1n) is 10.0. The normalized spacial score (nSPS) is 23.5. The number of para-hydroxylation sites is 1. The Morgan fingerprint density at radius 3 is 2.86 bits per heavy atom. The number of hydrogen-bond donors (Lipinski definition) is 0. The Morgan fingerprint density at radius 1 is 1.29 bits per heavy atom. The molecule has 0 spiro atoms. The SMILES string of the molecule is CC1(c2noc(COc3ccccc3)n2)CCCN(C(=O)C2CCOCC2)C1. The fourth-order valence-corrected chi connectivity index (χ4v) is 4.03. The number of carbonyl (C=O) groups is 1. The molecule has 3 heterocycles. The maximum atomic E-state index is 12.9. The van der Waals surface area contributed by atoms with Crippen LogP contribution >= 0.6 is 0 Å². The van der Waals surface area contributed by atoms with Crippen LogP contribution in [0.3, 0.4) is 0 Å². The van der Waals surface area contributed by atoms with Gasteiger partial charge in [-0.1, -0.05) is 30.3 Å². The number of rotatable bonds is 5. The Labute approximate surface area is 165 Å². The molecule has 0 aliphatic carbocycles. The number of amides is 1. The van der Waals surface area contributed by atoms with Gasteiger partial charge < -0.3 is 18.9 Å². The number of nitrogens with zero attached hydrogens (tertiary/aromatic N) is 3. The van der Waals surface area contributed by atoms with Gasteiger partial charge in [0.2, 0.25) is 5.91 Å². The molecule has 2 saturated heterocycles. The van der Waals surface area contributed by atoms with Crippen molar-refractivity contribution < 1.29 is 18.8 Å². The minimum atomic E-state index is -0.298. The van der Waals surface area contributed by atoms with Crippen LogP contribution < -0.4 is 4.74 Å². The van der Waals surface area contributed by atoms with Gasteiger partial charge in [0, 0.05) is 37.6 Å². The van der Waals surface area contributed by atoms with Crippen molar-refractivity contribution in [2.45, 2.75) is 44.6 Å². The Bertz CT molecular complexity index is 788. The van der Waals surface area contributed by atoms with E-state index in [0.717, 1.165) is 38.0 Å². The van der Waals surface area contributed by atoms with Crippen molar-refractivity contribution in [3.8, 4) is 5.75 Å². The number of likely N-dealkylation sites (tertiary alicyclic amines) is 1. The molecule has 150 valence electrons. The molecule has 0 saturated carbocycles. The summed E-state index contributed by atoms with van der Waals surface area (Å²) in [5, 5.41) is 4.21. The number of hydrogen-bond acceptors (Lipinski definition) is 6. The molecule has 2 fully saturated rings. The summed E-state index contributed by atoms with van der Waals surface area (Å²) >= 11 is 0. The second-order valence-corrected chi connectivity index (χ2v) is 7.92. The van der Waals surface area contributed by atoms with Crippen molar-refractivity contribution in [1.82, 2.24) is 15.0 Å². The first kappa shape index (κ1) is 18.9. The van der Waals surface area contributed by atoms with E-state index >= 15 is 0 Å². The number of ether oxygens (including phenoxy) is 2. The van der Waals surface area contributed by atoms with Crippen molar-refractivity contribution in [3.63, 3.8) is 0 Å². The molecule has 2 aliphatic heterocycles. The molecule has 0 bridgehead atoms. The van der Waals surface area contributed by atoms with Gasteiger partial charge in [-0.05, 0) is 37.8 Å². The van der Waals surface area contributed by atoms with Gasteiger partial charge >= 0.3 is 0 Å². The number of carbonyl (C=O) groups excluding carboxylic acids is 1. The van der Waals surface area contributed by atoms with E-state index in [-0.39, 0.29) is 23.8 Å². The third-order valence-corrected chi connectivity index (χ3v) is 5.69. The number of piperidine rings is 1. The summed E-state index contributed by atoms with van der Waals surface area (Å²) in [5.41, 5.74) is -0.298. The van der Waals surface area contributed by atoms with Gasteiger partial charge in [-0.15, -0.1) is 0 Å². The number of aromatic nitrogens is 2. The summed E-state index contributed by atoms with van der Waals surface area (Å²) in [4.78, 5) is 19.5. The van der Waals surface area contributed by atoms with Crippen LogP contribution in [-0.4, -0.2) is 47.3 Å². The van der Waals surface area contributed by atoms with Crippen LogP contribution in [0, 0.1) is 5.92 Å². The first-order chi connectivity index (χ1) is 13.6. The van der Waals surface area contributed by atoms with Crippen LogP contribution in [0.1, 0.15) is 44.3 Å². The zero-order valence-electron chi connectivity index (χ0n) is 16.3. The Morgan fingerprint density at radius 2 is 2.07 bits per heavy atom. The highest BCUT2D eigenvalue weighted by molar-refractivity contribution is 5.79. The molecular weight excluding hydrogens is 358 g/mol. The minimum Gasteiger partial charge on any atom is -0.484 e. The predicted octanol–water partition coefficient (Wildman–Crippen LogP) is 2.96. The lowest BCUT2D eigenvalue weighted by molar-refractivity contribution is -0.140. The van der Waals surface area contributed by atoms with Crippen LogP contribution in [0.15, 0.2) is 34.9 Å². The van der Waals surface area contributed by atoms with E-state index in [9.17, 15) is 4.79 Å². The third-order valence-electron chi connectivity index (χ3n) is 5.69. The average Bonchev–Trinajstić information content (AvgIpc) is 3.23. The predicted molar refractivity (Wildman–Crippen MR) is 102 cm³/mol. The highest BCUT2D eigenvalue weighted by Crippen LogP contribution is 2.33. The fourth-order valence-electron chi connectivity index (χ4n) is 4.03. The van der Waals surface area contributed by atoms with E-state index < -0.39 is 0 Å². The second-order valence-electron chi connectivity index (χ2n) is 7.92. The molecule has 7 heteroatoms. The van der Waals surface area contributed by atoms with Gasteiger partial charge in [0.1, 0.15) is 5.75 Å². The van der Waals surface area contributed by atoms with Gasteiger partial charge in [-0.3, -0.25) is 4.79 Å². The van der Waals surface area contributed by atoms with Gasteiger partial charge in [-0.2, -0.15) is 4.98 Å². The monoisotopic (exact) mass is 385 g/mol. The molecule has 7 nitrogen and oxygen atoms in total. The zero-order valence-corrected chi connectivity index (χ0v) is 16.3. The van der Waals surface area contributed by atoms with Gasteiger partial charge in [0.15, 0.2) is 12.4 Å². The molecule has 1 aromatic heterocycles. The molecule has 1 aromatic carbocycles. The smallest absolute Gasteiger partial charge is 0.264 e. The Kier molecular flexibility index (Phi) is 5.62.